The van der Waals surface area contributed by atoms with E-state index in [0.717, 1.165) is 12.8 Å². The SMILES string of the molecule is CCCC(CC(C)=O)S(C)=O. The van der Waals surface area contributed by atoms with E-state index in [-0.39, 0.29) is 11.0 Å². The molecule has 0 saturated carbocycles. The number of ketones is 1. The molecule has 11 heavy (non-hydrogen) atoms. The van der Waals surface area contributed by atoms with Crippen molar-refractivity contribution in [1.82, 2.24) is 0 Å². The smallest absolute Gasteiger partial charge is 0.131 e. The van der Waals surface area contributed by atoms with Crippen LogP contribution in [0, 0.1) is 0 Å². The number of Topliss-reactive ketones (excluding diaryl/α,β-unsaturated/α-hetero) is 1. The van der Waals surface area contributed by atoms with Gasteiger partial charge in [-0.25, -0.2) is 0 Å². The normalized spacial score (nSPS) is 15.9. The highest BCUT2D eigenvalue weighted by Gasteiger charge is 2.13. The van der Waals surface area contributed by atoms with E-state index in [4.69, 9.17) is 0 Å². The van der Waals surface area contributed by atoms with Gasteiger partial charge in [-0.3, -0.25) is 9.00 Å². The zero-order valence-electron chi connectivity index (χ0n) is 7.42. The molecule has 0 aliphatic carbocycles. The van der Waals surface area contributed by atoms with Crippen LogP contribution in [0.4, 0.5) is 0 Å². The minimum Gasteiger partial charge on any atom is -0.300 e. The first-order chi connectivity index (χ1) is 5.07. The predicted molar refractivity (Wildman–Crippen MR) is 48.1 cm³/mol. The summed E-state index contributed by atoms with van der Waals surface area (Å²) < 4.78 is 11.0. The maximum absolute atomic E-state index is 11.0. The molecule has 0 aromatic heterocycles. The Hall–Kier alpha value is -0.180. The zero-order chi connectivity index (χ0) is 8.85. The lowest BCUT2D eigenvalue weighted by Crippen LogP contribution is -2.17. The molecule has 0 fully saturated rings. The number of hydrogen-bond donors (Lipinski definition) is 0. The van der Waals surface area contributed by atoms with Crippen molar-refractivity contribution < 1.29 is 9.00 Å². The van der Waals surface area contributed by atoms with Crippen LogP contribution in [0.15, 0.2) is 0 Å². The molecule has 0 aliphatic rings. The van der Waals surface area contributed by atoms with Crippen LogP contribution in [-0.2, 0) is 15.6 Å². The quantitative estimate of drug-likeness (QED) is 0.636. The third kappa shape index (κ3) is 5.13. The van der Waals surface area contributed by atoms with Gasteiger partial charge in [-0.05, 0) is 13.3 Å². The molecule has 0 heterocycles. The zero-order valence-corrected chi connectivity index (χ0v) is 8.24. The lowest BCUT2D eigenvalue weighted by Gasteiger charge is -2.09. The standard InChI is InChI=1S/C8H16O2S/c1-4-5-8(11(3)10)6-7(2)9/h8H,4-6H2,1-3H3. The first kappa shape index (κ1) is 10.8. The van der Waals surface area contributed by atoms with Gasteiger partial charge in [0.05, 0.1) is 0 Å². The van der Waals surface area contributed by atoms with Crippen molar-refractivity contribution in [2.45, 2.75) is 38.4 Å². The van der Waals surface area contributed by atoms with Crippen molar-refractivity contribution in [3.05, 3.63) is 0 Å². The monoisotopic (exact) mass is 176 g/mol. The molecule has 0 aliphatic heterocycles. The third-order valence-corrected chi connectivity index (χ3v) is 2.94. The molecular weight excluding hydrogens is 160 g/mol. The number of hydrogen-bond acceptors (Lipinski definition) is 2. The van der Waals surface area contributed by atoms with Gasteiger partial charge >= 0.3 is 0 Å². The van der Waals surface area contributed by atoms with Gasteiger partial charge in [0.15, 0.2) is 0 Å². The van der Waals surface area contributed by atoms with E-state index in [2.05, 4.69) is 0 Å². The van der Waals surface area contributed by atoms with Gasteiger partial charge in [-0.2, -0.15) is 0 Å². The van der Waals surface area contributed by atoms with Gasteiger partial charge < -0.3 is 0 Å². The predicted octanol–water partition coefficient (Wildman–Crippen LogP) is 1.51. The van der Waals surface area contributed by atoms with E-state index in [1.54, 1.807) is 13.2 Å². The van der Waals surface area contributed by atoms with Crippen LogP contribution in [0.3, 0.4) is 0 Å². The third-order valence-electron chi connectivity index (χ3n) is 1.60. The second kappa shape index (κ2) is 5.47. The molecule has 2 nitrogen and oxygen atoms in total. The molecule has 3 heteroatoms. The summed E-state index contributed by atoms with van der Waals surface area (Å²) in [5.74, 6) is 0.138. The average Bonchev–Trinajstić information content (AvgIpc) is 1.86. The van der Waals surface area contributed by atoms with Crippen molar-refractivity contribution in [3.63, 3.8) is 0 Å². The van der Waals surface area contributed by atoms with Crippen molar-refractivity contribution in [2.24, 2.45) is 0 Å². The molecule has 0 saturated heterocycles. The Bertz CT molecular complexity index is 154. The highest BCUT2D eigenvalue weighted by atomic mass is 32.2. The van der Waals surface area contributed by atoms with Crippen LogP contribution in [0.1, 0.15) is 33.1 Å². The fourth-order valence-corrected chi connectivity index (χ4v) is 2.07. The van der Waals surface area contributed by atoms with Crippen LogP contribution >= 0.6 is 0 Å². The summed E-state index contributed by atoms with van der Waals surface area (Å²) >= 11 is 0. The molecule has 0 aromatic rings. The van der Waals surface area contributed by atoms with Crippen molar-refractivity contribution in [1.29, 1.82) is 0 Å². The van der Waals surface area contributed by atoms with Gasteiger partial charge in [0.25, 0.3) is 0 Å². The summed E-state index contributed by atoms with van der Waals surface area (Å²) in [6.45, 7) is 3.59. The Morgan fingerprint density at radius 2 is 2.09 bits per heavy atom. The van der Waals surface area contributed by atoms with E-state index < -0.39 is 10.8 Å². The molecule has 2 atom stereocenters. The largest absolute Gasteiger partial charge is 0.300 e. The van der Waals surface area contributed by atoms with E-state index in [1.165, 1.54) is 0 Å². The lowest BCUT2D eigenvalue weighted by molar-refractivity contribution is -0.117. The summed E-state index contributed by atoms with van der Waals surface area (Å²) in [5.41, 5.74) is 0. The first-order valence-corrected chi connectivity index (χ1v) is 5.51. The average molecular weight is 176 g/mol. The summed E-state index contributed by atoms with van der Waals surface area (Å²) in [5, 5.41) is 0.0810. The van der Waals surface area contributed by atoms with Crippen LogP contribution in [0.25, 0.3) is 0 Å². The molecule has 0 spiro atoms. The molecule has 0 bridgehead atoms. The number of rotatable bonds is 5. The highest BCUT2D eigenvalue weighted by Crippen LogP contribution is 2.08. The summed E-state index contributed by atoms with van der Waals surface area (Å²) in [6, 6.07) is 0. The fraction of sp³-hybridized carbons (Fsp3) is 0.875. The van der Waals surface area contributed by atoms with Crippen molar-refractivity contribution in [2.75, 3.05) is 6.26 Å². The van der Waals surface area contributed by atoms with Gasteiger partial charge in [0.2, 0.25) is 0 Å². The minimum absolute atomic E-state index is 0.0810. The summed E-state index contributed by atoms with van der Waals surface area (Å²) in [4.78, 5) is 10.7. The van der Waals surface area contributed by atoms with E-state index in [0.29, 0.717) is 6.42 Å². The molecular formula is C8H16O2S. The Balaban J connectivity index is 3.89. The second-order valence-electron chi connectivity index (χ2n) is 2.82. The van der Waals surface area contributed by atoms with Gasteiger partial charge in [-0.15, -0.1) is 0 Å². The molecule has 0 amide bonds. The Morgan fingerprint density at radius 3 is 2.36 bits per heavy atom. The minimum atomic E-state index is -0.845. The summed E-state index contributed by atoms with van der Waals surface area (Å²) in [6.07, 6.45) is 4.03. The molecule has 0 aromatic carbocycles. The second-order valence-corrected chi connectivity index (χ2v) is 4.48. The number of carbonyl (C=O) groups excluding carboxylic acids is 1. The molecule has 2 unspecified atom stereocenters. The van der Waals surface area contributed by atoms with Gasteiger partial charge in [-0.1, -0.05) is 13.3 Å². The van der Waals surface area contributed by atoms with E-state index in [1.807, 2.05) is 6.92 Å². The van der Waals surface area contributed by atoms with Crippen molar-refractivity contribution >= 4 is 16.6 Å². The highest BCUT2D eigenvalue weighted by molar-refractivity contribution is 7.84. The van der Waals surface area contributed by atoms with E-state index >= 15 is 0 Å². The molecule has 0 rings (SSSR count). The Labute approximate surface area is 70.8 Å². The van der Waals surface area contributed by atoms with Crippen LogP contribution in [0.5, 0.6) is 0 Å². The maximum Gasteiger partial charge on any atom is 0.131 e. The van der Waals surface area contributed by atoms with Gasteiger partial charge in [0, 0.05) is 28.7 Å². The Kier molecular flexibility index (Phi) is 5.38. The molecule has 0 N–H and O–H groups in total. The first-order valence-electron chi connectivity index (χ1n) is 3.89. The Morgan fingerprint density at radius 1 is 1.55 bits per heavy atom. The van der Waals surface area contributed by atoms with E-state index in [9.17, 15) is 9.00 Å². The van der Waals surface area contributed by atoms with Crippen LogP contribution < -0.4 is 0 Å². The fourth-order valence-electron chi connectivity index (χ4n) is 1.03. The lowest BCUT2D eigenvalue weighted by atomic mass is 10.1. The number of carbonyl (C=O) groups is 1. The van der Waals surface area contributed by atoms with Crippen molar-refractivity contribution in [3.8, 4) is 0 Å². The topological polar surface area (TPSA) is 34.1 Å². The van der Waals surface area contributed by atoms with Crippen LogP contribution in [-0.4, -0.2) is 21.5 Å². The maximum atomic E-state index is 11.0. The molecule has 0 radical (unpaired) electrons. The van der Waals surface area contributed by atoms with Gasteiger partial charge in [0.1, 0.15) is 5.78 Å². The summed E-state index contributed by atoms with van der Waals surface area (Å²) in [7, 11) is -0.845. The molecule has 66 valence electrons. The van der Waals surface area contributed by atoms with Crippen LogP contribution in [0.2, 0.25) is 0 Å².